The van der Waals surface area contributed by atoms with E-state index in [0.717, 1.165) is 12.8 Å². The van der Waals surface area contributed by atoms with Crippen molar-refractivity contribution >= 4 is 40.7 Å². The highest BCUT2D eigenvalue weighted by Crippen LogP contribution is 2.31. The van der Waals surface area contributed by atoms with Crippen LogP contribution >= 0.6 is 23.2 Å². The van der Waals surface area contributed by atoms with Crippen molar-refractivity contribution in [3.05, 3.63) is 62.1 Å². The summed E-state index contributed by atoms with van der Waals surface area (Å²) in [4.78, 5) is 38.1. The third kappa shape index (κ3) is 8.00. The predicted octanol–water partition coefficient (Wildman–Crippen LogP) is 5.01. The summed E-state index contributed by atoms with van der Waals surface area (Å²) in [5.41, 5.74) is 0.479. The van der Waals surface area contributed by atoms with E-state index in [4.69, 9.17) is 32.7 Å². The van der Waals surface area contributed by atoms with E-state index < -0.39 is 16.9 Å². The van der Waals surface area contributed by atoms with Crippen LogP contribution < -0.4 is 14.8 Å². The SMILES string of the molecule is CCCCNC(=O)[C@H](CC)N(Cc1ccc(Cl)c(Cl)c1)C(=O)COc1ccc([N+](=O)[O-])c(OC)c1. The number of carbonyl (C=O) groups is 2. The Morgan fingerprint density at radius 1 is 1.14 bits per heavy atom. The summed E-state index contributed by atoms with van der Waals surface area (Å²) in [6.45, 7) is 4.08. The topological polar surface area (TPSA) is 111 Å². The Morgan fingerprint density at radius 2 is 1.89 bits per heavy atom. The lowest BCUT2D eigenvalue weighted by Gasteiger charge is -2.30. The molecule has 190 valence electrons. The number of carbonyl (C=O) groups excluding carboxylic acids is 2. The van der Waals surface area contributed by atoms with Crippen molar-refractivity contribution in [2.24, 2.45) is 0 Å². The van der Waals surface area contributed by atoms with Crippen LogP contribution in [0.3, 0.4) is 0 Å². The fraction of sp³-hybridized carbons (Fsp3) is 0.417. The minimum atomic E-state index is -0.733. The molecule has 0 radical (unpaired) electrons. The molecule has 0 fully saturated rings. The van der Waals surface area contributed by atoms with Gasteiger partial charge in [0.15, 0.2) is 6.61 Å². The fourth-order valence-corrected chi connectivity index (χ4v) is 3.71. The standard InChI is InChI=1S/C24H29Cl2N3O6/c1-4-6-11-27-24(31)20(5-2)28(14-16-7-9-18(25)19(26)12-16)23(30)15-35-17-8-10-21(29(32)33)22(13-17)34-3/h7-10,12-13,20H,4-6,11,14-15H2,1-3H3,(H,27,31)/t20-/m0/s1. The lowest BCUT2D eigenvalue weighted by atomic mass is 10.1. The lowest BCUT2D eigenvalue weighted by Crippen LogP contribution is -2.50. The number of halogens is 2. The van der Waals surface area contributed by atoms with Crippen LogP contribution in [0.4, 0.5) is 5.69 Å². The highest BCUT2D eigenvalue weighted by atomic mass is 35.5. The van der Waals surface area contributed by atoms with Crippen molar-refractivity contribution in [3.63, 3.8) is 0 Å². The Bertz CT molecular complexity index is 1050. The monoisotopic (exact) mass is 525 g/mol. The summed E-state index contributed by atoms with van der Waals surface area (Å²) >= 11 is 12.2. The normalized spacial score (nSPS) is 11.5. The van der Waals surface area contributed by atoms with Gasteiger partial charge in [-0.3, -0.25) is 19.7 Å². The molecule has 35 heavy (non-hydrogen) atoms. The summed E-state index contributed by atoms with van der Waals surface area (Å²) in [5.74, 6) is -0.470. The number of rotatable bonds is 13. The Kier molecular flexibility index (Phi) is 11.1. The third-order valence-electron chi connectivity index (χ3n) is 5.26. The van der Waals surface area contributed by atoms with Gasteiger partial charge in [0.2, 0.25) is 11.7 Å². The Balaban J connectivity index is 2.25. The van der Waals surface area contributed by atoms with Crippen LogP contribution in [-0.4, -0.2) is 47.9 Å². The van der Waals surface area contributed by atoms with Gasteiger partial charge in [-0.1, -0.05) is 49.5 Å². The second kappa shape index (κ2) is 13.7. The molecule has 0 heterocycles. The molecule has 0 aliphatic rings. The average Bonchev–Trinajstić information content (AvgIpc) is 2.84. The van der Waals surface area contributed by atoms with Gasteiger partial charge in [0, 0.05) is 25.2 Å². The number of hydrogen-bond donors (Lipinski definition) is 1. The van der Waals surface area contributed by atoms with Crippen molar-refractivity contribution in [1.82, 2.24) is 10.2 Å². The maximum Gasteiger partial charge on any atom is 0.311 e. The summed E-state index contributed by atoms with van der Waals surface area (Å²) in [6.07, 6.45) is 2.14. The van der Waals surface area contributed by atoms with Gasteiger partial charge in [0.25, 0.3) is 5.91 Å². The van der Waals surface area contributed by atoms with E-state index in [-0.39, 0.29) is 36.2 Å². The molecule has 2 rings (SSSR count). The molecule has 0 saturated heterocycles. The largest absolute Gasteiger partial charge is 0.490 e. The van der Waals surface area contributed by atoms with E-state index in [9.17, 15) is 19.7 Å². The van der Waals surface area contributed by atoms with Crippen LogP contribution in [0.15, 0.2) is 36.4 Å². The minimum Gasteiger partial charge on any atom is -0.490 e. The van der Waals surface area contributed by atoms with Gasteiger partial charge in [0.05, 0.1) is 22.1 Å². The number of nitro groups is 1. The van der Waals surface area contributed by atoms with E-state index in [0.29, 0.717) is 28.6 Å². The molecule has 2 aromatic carbocycles. The average molecular weight is 526 g/mol. The van der Waals surface area contributed by atoms with Crippen LogP contribution in [0.2, 0.25) is 10.0 Å². The molecule has 9 nitrogen and oxygen atoms in total. The number of amides is 2. The minimum absolute atomic E-state index is 0.00866. The van der Waals surface area contributed by atoms with Crippen molar-refractivity contribution in [1.29, 1.82) is 0 Å². The maximum absolute atomic E-state index is 13.3. The van der Waals surface area contributed by atoms with Gasteiger partial charge in [-0.15, -0.1) is 0 Å². The molecule has 2 aromatic rings. The number of nitro benzene ring substituents is 1. The second-order valence-electron chi connectivity index (χ2n) is 7.72. The van der Waals surface area contributed by atoms with E-state index in [1.807, 2.05) is 13.8 Å². The molecule has 1 N–H and O–H groups in total. The first-order valence-corrected chi connectivity index (χ1v) is 11.9. The van der Waals surface area contributed by atoms with E-state index >= 15 is 0 Å². The molecule has 0 spiro atoms. The van der Waals surface area contributed by atoms with Crippen LogP contribution in [-0.2, 0) is 16.1 Å². The molecule has 0 unspecified atom stereocenters. The highest BCUT2D eigenvalue weighted by molar-refractivity contribution is 6.42. The number of methoxy groups -OCH3 is 1. The first-order chi connectivity index (χ1) is 16.7. The maximum atomic E-state index is 13.3. The Labute approximate surface area is 214 Å². The van der Waals surface area contributed by atoms with E-state index in [2.05, 4.69) is 5.32 Å². The van der Waals surface area contributed by atoms with E-state index in [1.54, 1.807) is 18.2 Å². The number of unbranched alkanes of at least 4 members (excludes halogenated alkanes) is 1. The molecule has 0 aliphatic carbocycles. The summed E-state index contributed by atoms with van der Waals surface area (Å²) < 4.78 is 10.6. The summed E-state index contributed by atoms with van der Waals surface area (Å²) in [6, 6.07) is 8.23. The molecule has 0 bridgehead atoms. The summed E-state index contributed by atoms with van der Waals surface area (Å²) in [5, 5.41) is 14.7. The second-order valence-corrected chi connectivity index (χ2v) is 8.53. The zero-order valence-electron chi connectivity index (χ0n) is 19.9. The quantitative estimate of drug-likeness (QED) is 0.223. The van der Waals surface area contributed by atoms with Crippen molar-refractivity contribution in [2.45, 2.75) is 45.7 Å². The number of benzene rings is 2. The first-order valence-electron chi connectivity index (χ1n) is 11.2. The van der Waals surface area contributed by atoms with Crippen LogP contribution in [0.5, 0.6) is 11.5 Å². The lowest BCUT2D eigenvalue weighted by molar-refractivity contribution is -0.385. The van der Waals surface area contributed by atoms with Gasteiger partial charge in [-0.2, -0.15) is 0 Å². The summed E-state index contributed by atoms with van der Waals surface area (Å²) in [7, 11) is 1.30. The zero-order valence-corrected chi connectivity index (χ0v) is 21.4. The Morgan fingerprint density at radius 3 is 2.49 bits per heavy atom. The molecular weight excluding hydrogens is 497 g/mol. The molecule has 11 heteroatoms. The van der Waals surface area contributed by atoms with Crippen molar-refractivity contribution in [2.75, 3.05) is 20.3 Å². The number of nitrogens with one attached hydrogen (secondary N) is 1. The third-order valence-corrected chi connectivity index (χ3v) is 6.00. The molecule has 1 atom stereocenters. The van der Waals surface area contributed by atoms with E-state index in [1.165, 1.54) is 30.2 Å². The number of hydrogen-bond acceptors (Lipinski definition) is 6. The molecule has 0 aromatic heterocycles. The van der Waals surface area contributed by atoms with Crippen LogP contribution in [0, 0.1) is 10.1 Å². The fourth-order valence-electron chi connectivity index (χ4n) is 3.39. The molecule has 0 saturated carbocycles. The van der Waals surface area contributed by atoms with Gasteiger partial charge >= 0.3 is 5.69 Å². The van der Waals surface area contributed by atoms with Gasteiger partial charge in [-0.05, 0) is 36.6 Å². The van der Waals surface area contributed by atoms with Gasteiger partial charge in [-0.25, -0.2) is 0 Å². The first kappa shape index (κ1) is 28.2. The Hall–Kier alpha value is -3.04. The zero-order chi connectivity index (χ0) is 26.0. The molecular formula is C24H29Cl2N3O6. The molecule has 0 aliphatic heterocycles. The molecule has 2 amide bonds. The van der Waals surface area contributed by atoms with Crippen molar-refractivity contribution in [3.8, 4) is 11.5 Å². The smallest absolute Gasteiger partial charge is 0.311 e. The highest BCUT2D eigenvalue weighted by Gasteiger charge is 2.29. The van der Waals surface area contributed by atoms with Gasteiger partial charge < -0.3 is 19.7 Å². The number of ether oxygens (including phenoxy) is 2. The van der Waals surface area contributed by atoms with Crippen LogP contribution in [0.1, 0.15) is 38.7 Å². The number of nitrogens with zero attached hydrogens (tertiary/aromatic N) is 2. The predicted molar refractivity (Wildman–Crippen MR) is 134 cm³/mol. The van der Waals surface area contributed by atoms with Gasteiger partial charge in [0.1, 0.15) is 11.8 Å². The van der Waals surface area contributed by atoms with Crippen molar-refractivity contribution < 1.29 is 24.0 Å². The van der Waals surface area contributed by atoms with Crippen LogP contribution in [0.25, 0.3) is 0 Å².